The van der Waals surface area contributed by atoms with Gasteiger partial charge in [-0.2, -0.15) is 0 Å². The fourth-order valence-electron chi connectivity index (χ4n) is 3.40. The Morgan fingerprint density at radius 3 is 1.65 bits per heavy atom. The van der Waals surface area contributed by atoms with Crippen molar-refractivity contribution < 1.29 is 0 Å². The Balaban J connectivity index is 1.66. The van der Waals surface area contributed by atoms with Gasteiger partial charge in [-0.15, -0.1) is 0 Å². The van der Waals surface area contributed by atoms with Crippen LogP contribution in [0.4, 0.5) is 0 Å². The second-order valence-corrected chi connectivity index (χ2v) is 7.84. The van der Waals surface area contributed by atoms with Gasteiger partial charge in [0, 0.05) is 13.1 Å². The van der Waals surface area contributed by atoms with Gasteiger partial charge in [0.15, 0.2) is 0 Å². The minimum atomic E-state index is 0.893. The summed E-state index contributed by atoms with van der Waals surface area (Å²) in [5, 5.41) is 0. The van der Waals surface area contributed by atoms with Crippen molar-refractivity contribution in [2.24, 2.45) is 10.9 Å². The number of nitrogens with zero attached hydrogens (tertiary/aromatic N) is 2. The largest absolute Gasteiger partial charge is 0.361 e. The summed E-state index contributed by atoms with van der Waals surface area (Å²) in [5.74, 6) is 0.893. The lowest BCUT2D eigenvalue weighted by atomic mass is 10.0. The van der Waals surface area contributed by atoms with E-state index in [4.69, 9.17) is 0 Å². The zero-order chi connectivity index (χ0) is 16.6. The summed E-state index contributed by atoms with van der Waals surface area (Å²) in [6, 6.07) is 0. The Morgan fingerprint density at radius 1 is 0.739 bits per heavy atom. The molecule has 1 aliphatic heterocycles. The van der Waals surface area contributed by atoms with Crippen LogP contribution in [-0.4, -0.2) is 30.9 Å². The van der Waals surface area contributed by atoms with Crippen molar-refractivity contribution in [2.45, 2.75) is 104 Å². The molecular formula is C21H42N2. The summed E-state index contributed by atoms with van der Waals surface area (Å²) in [6.45, 7) is 8.06. The maximum absolute atomic E-state index is 4.26. The quantitative estimate of drug-likeness (QED) is 0.298. The molecule has 1 aliphatic rings. The Kier molecular flexibility index (Phi) is 13.4. The summed E-state index contributed by atoms with van der Waals surface area (Å²) in [6.07, 6.45) is 22.3. The molecule has 0 saturated carbocycles. The first-order chi connectivity index (χ1) is 11.3. The van der Waals surface area contributed by atoms with E-state index >= 15 is 0 Å². The van der Waals surface area contributed by atoms with Crippen molar-refractivity contribution in [3.8, 4) is 0 Å². The summed E-state index contributed by atoms with van der Waals surface area (Å²) in [5.41, 5.74) is 0. The third-order valence-corrected chi connectivity index (χ3v) is 4.99. The van der Waals surface area contributed by atoms with Gasteiger partial charge < -0.3 is 4.90 Å². The molecule has 0 saturated heterocycles. The molecule has 0 unspecified atom stereocenters. The second-order valence-electron chi connectivity index (χ2n) is 7.84. The molecule has 0 aliphatic carbocycles. The van der Waals surface area contributed by atoms with E-state index in [2.05, 4.69) is 23.7 Å². The lowest BCUT2D eigenvalue weighted by Crippen LogP contribution is -2.20. The number of hydrogen-bond donors (Lipinski definition) is 0. The van der Waals surface area contributed by atoms with Gasteiger partial charge in [0.05, 0.1) is 12.9 Å². The van der Waals surface area contributed by atoms with Crippen LogP contribution in [0.5, 0.6) is 0 Å². The highest BCUT2D eigenvalue weighted by Gasteiger charge is 2.03. The van der Waals surface area contributed by atoms with E-state index in [1.165, 1.54) is 96.4 Å². The van der Waals surface area contributed by atoms with Crippen molar-refractivity contribution in [1.29, 1.82) is 0 Å². The van der Waals surface area contributed by atoms with E-state index in [-0.39, 0.29) is 0 Å². The number of unbranched alkanes of at least 4 members (excludes halogenated alkanes) is 12. The molecule has 0 aromatic rings. The zero-order valence-corrected chi connectivity index (χ0v) is 16.1. The molecule has 0 aromatic heterocycles. The van der Waals surface area contributed by atoms with Crippen molar-refractivity contribution in [3.05, 3.63) is 0 Å². The fraction of sp³-hybridized carbons (Fsp3) is 0.952. The summed E-state index contributed by atoms with van der Waals surface area (Å²) >= 11 is 0. The highest BCUT2D eigenvalue weighted by atomic mass is 15.2. The molecule has 0 bridgehead atoms. The standard InChI is InChI=1S/C21H42N2/c1-21(2)16-14-12-10-8-6-4-3-5-7-9-11-13-15-18-23-19-17-22-20-23/h20-21H,3-19H2,1-2H3. The molecule has 0 radical (unpaired) electrons. The molecule has 0 N–H and O–H groups in total. The Hall–Kier alpha value is -0.530. The molecular weight excluding hydrogens is 280 g/mol. The summed E-state index contributed by atoms with van der Waals surface area (Å²) in [4.78, 5) is 6.62. The highest BCUT2D eigenvalue weighted by molar-refractivity contribution is 5.56. The third-order valence-electron chi connectivity index (χ3n) is 4.99. The normalized spacial score (nSPS) is 14.3. The van der Waals surface area contributed by atoms with Gasteiger partial charge in [-0.1, -0.05) is 97.3 Å². The Labute approximate surface area is 146 Å². The Morgan fingerprint density at radius 2 is 1.22 bits per heavy atom. The predicted molar refractivity (Wildman–Crippen MR) is 104 cm³/mol. The molecule has 23 heavy (non-hydrogen) atoms. The van der Waals surface area contributed by atoms with Crippen LogP contribution in [0, 0.1) is 5.92 Å². The van der Waals surface area contributed by atoms with E-state index in [1.807, 2.05) is 6.34 Å². The SMILES string of the molecule is CC(C)CCCCCCCCCCCCCCCN1C=NCC1. The second kappa shape index (κ2) is 15.0. The molecule has 2 heteroatoms. The van der Waals surface area contributed by atoms with Gasteiger partial charge >= 0.3 is 0 Å². The van der Waals surface area contributed by atoms with Crippen molar-refractivity contribution >= 4 is 6.34 Å². The number of aliphatic imine (C=N–C) groups is 1. The van der Waals surface area contributed by atoms with Gasteiger partial charge in [0.25, 0.3) is 0 Å². The van der Waals surface area contributed by atoms with E-state index in [1.54, 1.807) is 0 Å². The van der Waals surface area contributed by atoms with Gasteiger partial charge in [-0.05, 0) is 12.3 Å². The monoisotopic (exact) mass is 322 g/mol. The molecule has 1 rings (SSSR count). The van der Waals surface area contributed by atoms with Crippen molar-refractivity contribution in [3.63, 3.8) is 0 Å². The van der Waals surface area contributed by atoms with Gasteiger partial charge in [-0.3, -0.25) is 4.99 Å². The first-order valence-corrected chi connectivity index (χ1v) is 10.5. The van der Waals surface area contributed by atoms with E-state index in [9.17, 15) is 0 Å². The maximum atomic E-state index is 4.26. The summed E-state index contributed by atoms with van der Waals surface area (Å²) < 4.78 is 0. The lowest BCUT2D eigenvalue weighted by Gasteiger charge is -2.12. The highest BCUT2D eigenvalue weighted by Crippen LogP contribution is 2.14. The molecule has 0 atom stereocenters. The molecule has 0 aromatic carbocycles. The first-order valence-electron chi connectivity index (χ1n) is 10.5. The molecule has 136 valence electrons. The number of hydrogen-bond acceptors (Lipinski definition) is 2. The third kappa shape index (κ3) is 13.6. The van der Waals surface area contributed by atoms with E-state index < -0.39 is 0 Å². The van der Waals surface area contributed by atoms with E-state index in [0.717, 1.165) is 19.0 Å². The van der Waals surface area contributed by atoms with Crippen LogP contribution in [0.25, 0.3) is 0 Å². The first kappa shape index (κ1) is 20.5. The van der Waals surface area contributed by atoms with Crippen LogP contribution in [0.2, 0.25) is 0 Å². The molecule has 0 spiro atoms. The molecule has 1 heterocycles. The Bertz CT molecular complexity index is 273. The topological polar surface area (TPSA) is 15.6 Å². The van der Waals surface area contributed by atoms with Gasteiger partial charge in [0.1, 0.15) is 0 Å². The van der Waals surface area contributed by atoms with Gasteiger partial charge in [-0.25, -0.2) is 0 Å². The van der Waals surface area contributed by atoms with Crippen LogP contribution in [0.3, 0.4) is 0 Å². The van der Waals surface area contributed by atoms with Crippen LogP contribution in [0.15, 0.2) is 4.99 Å². The minimum Gasteiger partial charge on any atom is -0.361 e. The fourth-order valence-corrected chi connectivity index (χ4v) is 3.40. The van der Waals surface area contributed by atoms with Gasteiger partial charge in [0.2, 0.25) is 0 Å². The average Bonchev–Trinajstić information content (AvgIpc) is 3.04. The number of rotatable bonds is 16. The van der Waals surface area contributed by atoms with Crippen LogP contribution < -0.4 is 0 Å². The summed E-state index contributed by atoms with van der Waals surface area (Å²) in [7, 11) is 0. The molecule has 0 amide bonds. The van der Waals surface area contributed by atoms with Crippen LogP contribution in [-0.2, 0) is 0 Å². The zero-order valence-electron chi connectivity index (χ0n) is 16.1. The predicted octanol–water partition coefficient (Wildman–Crippen LogP) is 6.45. The lowest BCUT2D eigenvalue weighted by molar-refractivity contribution is 0.438. The molecule has 0 fully saturated rings. The minimum absolute atomic E-state index is 0.893. The maximum Gasteiger partial charge on any atom is 0.0851 e. The van der Waals surface area contributed by atoms with Crippen molar-refractivity contribution in [2.75, 3.05) is 19.6 Å². The molecule has 2 nitrogen and oxygen atoms in total. The smallest absolute Gasteiger partial charge is 0.0851 e. The van der Waals surface area contributed by atoms with Crippen LogP contribution >= 0.6 is 0 Å². The average molecular weight is 323 g/mol. The van der Waals surface area contributed by atoms with E-state index in [0.29, 0.717) is 0 Å². The van der Waals surface area contributed by atoms with Crippen LogP contribution in [0.1, 0.15) is 104 Å². The van der Waals surface area contributed by atoms with Crippen molar-refractivity contribution in [1.82, 2.24) is 4.90 Å².